The van der Waals surface area contributed by atoms with Crippen LogP contribution in [0.3, 0.4) is 0 Å². The van der Waals surface area contributed by atoms with Gasteiger partial charge in [-0.3, -0.25) is 19.2 Å². The predicted molar refractivity (Wildman–Crippen MR) is 162 cm³/mol. The van der Waals surface area contributed by atoms with Gasteiger partial charge in [0.05, 0.1) is 53.3 Å². The fraction of sp³-hybridized carbons (Fsp3) is 0.429. The van der Waals surface area contributed by atoms with E-state index in [1.165, 1.54) is 55.5 Å². The van der Waals surface area contributed by atoms with Gasteiger partial charge in [-0.05, 0) is 49.2 Å². The summed E-state index contributed by atoms with van der Waals surface area (Å²) in [5.41, 5.74) is 0.961. The van der Waals surface area contributed by atoms with Crippen LogP contribution in [0, 0.1) is 0 Å². The normalized spacial score (nSPS) is 11.5. The van der Waals surface area contributed by atoms with E-state index >= 15 is 0 Å². The average Bonchev–Trinajstić information content (AvgIpc) is 2.96. The van der Waals surface area contributed by atoms with E-state index < -0.39 is 43.5 Å². The molecule has 0 amide bonds. The SMILES string of the molecule is CCOC(=O)CBr.CCOC(=O)CC(C(=O)O)c1ccc(S(=O)(=O)CC)cc1.CCS(=O)(=O)c1ccc(CC(=O)O)cc1. The van der Waals surface area contributed by atoms with Crippen molar-refractivity contribution in [2.45, 2.75) is 56.2 Å². The summed E-state index contributed by atoms with van der Waals surface area (Å²) in [7, 11) is -6.52. The van der Waals surface area contributed by atoms with Crippen molar-refractivity contribution in [3.05, 3.63) is 59.7 Å². The van der Waals surface area contributed by atoms with Crippen molar-refractivity contribution in [1.29, 1.82) is 0 Å². The molecule has 2 rings (SSSR count). The van der Waals surface area contributed by atoms with Gasteiger partial charge < -0.3 is 19.7 Å². The number of carbonyl (C=O) groups excluding carboxylic acids is 2. The summed E-state index contributed by atoms with van der Waals surface area (Å²) in [6, 6.07) is 11.5. The van der Waals surface area contributed by atoms with Crippen LogP contribution in [0.2, 0.25) is 0 Å². The van der Waals surface area contributed by atoms with Gasteiger partial charge in [0, 0.05) is 0 Å². The molecule has 1 unspecified atom stereocenters. The molecule has 15 heteroatoms. The zero-order chi connectivity index (χ0) is 33.2. The Morgan fingerprint density at radius 3 is 1.47 bits per heavy atom. The molecule has 0 fully saturated rings. The van der Waals surface area contributed by atoms with Gasteiger partial charge in [0.25, 0.3) is 0 Å². The summed E-state index contributed by atoms with van der Waals surface area (Å²) >= 11 is 2.94. The topological polar surface area (TPSA) is 195 Å². The molecule has 0 aromatic heterocycles. The van der Waals surface area contributed by atoms with Crippen LogP contribution in [-0.2, 0) is 54.7 Å². The Morgan fingerprint density at radius 1 is 0.721 bits per heavy atom. The maximum Gasteiger partial charge on any atom is 0.316 e. The molecule has 0 radical (unpaired) electrons. The molecule has 12 nitrogen and oxygen atoms in total. The highest BCUT2D eigenvalue weighted by atomic mass is 79.9. The molecule has 2 aromatic rings. The van der Waals surface area contributed by atoms with Crippen molar-refractivity contribution in [3.63, 3.8) is 0 Å². The first-order chi connectivity index (χ1) is 20.1. The Hall–Kier alpha value is -3.30. The van der Waals surface area contributed by atoms with Crippen molar-refractivity contribution in [3.8, 4) is 0 Å². The molecule has 0 aliphatic carbocycles. The van der Waals surface area contributed by atoms with E-state index in [0.29, 0.717) is 23.1 Å². The number of hydrogen-bond acceptors (Lipinski definition) is 10. The van der Waals surface area contributed by atoms with Gasteiger partial charge in [-0.15, -0.1) is 0 Å². The van der Waals surface area contributed by atoms with Gasteiger partial charge in [0.2, 0.25) is 0 Å². The minimum Gasteiger partial charge on any atom is -0.481 e. The first kappa shape index (κ1) is 39.7. The molecule has 240 valence electrons. The Balaban J connectivity index is 0.000000696. The Morgan fingerprint density at radius 2 is 1.14 bits per heavy atom. The van der Waals surface area contributed by atoms with Crippen molar-refractivity contribution in [1.82, 2.24) is 0 Å². The molecule has 0 bridgehead atoms. The van der Waals surface area contributed by atoms with Gasteiger partial charge in [-0.1, -0.05) is 54.0 Å². The zero-order valence-corrected chi connectivity index (χ0v) is 27.5. The number of hydrogen-bond donors (Lipinski definition) is 2. The van der Waals surface area contributed by atoms with Crippen LogP contribution in [0.5, 0.6) is 0 Å². The van der Waals surface area contributed by atoms with Crippen molar-refractivity contribution in [2.75, 3.05) is 30.0 Å². The number of carboxylic acids is 2. The minimum atomic E-state index is -3.33. The second kappa shape index (κ2) is 19.8. The quantitative estimate of drug-likeness (QED) is 0.227. The second-order valence-corrected chi connectivity index (χ2v) is 13.5. The number of carbonyl (C=O) groups is 4. The van der Waals surface area contributed by atoms with Crippen LogP contribution < -0.4 is 0 Å². The van der Waals surface area contributed by atoms with Crippen LogP contribution in [-0.4, -0.2) is 81.0 Å². The third-order valence-corrected chi connectivity index (χ3v) is 9.39. The lowest BCUT2D eigenvalue weighted by atomic mass is 9.96. The lowest BCUT2D eigenvalue weighted by Crippen LogP contribution is -2.18. The number of esters is 2. The number of halogens is 1. The van der Waals surface area contributed by atoms with E-state index in [1.807, 2.05) is 0 Å². The van der Waals surface area contributed by atoms with E-state index in [0.717, 1.165) is 0 Å². The number of rotatable bonds is 13. The van der Waals surface area contributed by atoms with E-state index in [9.17, 15) is 41.1 Å². The van der Waals surface area contributed by atoms with Crippen LogP contribution in [0.15, 0.2) is 58.3 Å². The maximum atomic E-state index is 11.7. The summed E-state index contributed by atoms with van der Waals surface area (Å²) in [5, 5.41) is 18.0. The Kier molecular flexibility index (Phi) is 18.3. The molecular weight excluding hydrogens is 672 g/mol. The molecule has 0 heterocycles. The third kappa shape index (κ3) is 15.1. The van der Waals surface area contributed by atoms with E-state index in [2.05, 4.69) is 20.7 Å². The standard InChI is InChI=1S/C14H18O6S.C10H12O4S.C4H7BrO2/c1-3-20-13(15)9-12(14(16)17)10-5-7-11(8-6-10)21(18,19)4-2;1-2-15(13,14)9-5-3-8(4-6-9)7-10(11)12;1-2-7-4(6)3-5/h5-8,12H,3-4,9H2,1-2H3,(H,16,17);3-6H,2,7H2,1H3,(H,11,12);2-3H2,1H3. The molecular formula is C28H37BrO12S2. The summed E-state index contributed by atoms with van der Waals surface area (Å²) in [6.45, 7) is 7.16. The second-order valence-electron chi connectivity index (χ2n) is 8.43. The van der Waals surface area contributed by atoms with E-state index in [-0.39, 0.29) is 46.7 Å². The highest BCUT2D eigenvalue weighted by molar-refractivity contribution is 9.09. The summed E-state index contributed by atoms with van der Waals surface area (Å²) in [6.07, 6.45) is -0.379. The smallest absolute Gasteiger partial charge is 0.316 e. The van der Waals surface area contributed by atoms with Gasteiger partial charge in [0.1, 0.15) is 5.33 Å². The first-order valence-electron chi connectivity index (χ1n) is 13.0. The Labute approximate surface area is 260 Å². The summed E-state index contributed by atoms with van der Waals surface area (Å²) in [5.74, 6) is -3.93. The molecule has 0 aliphatic heterocycles. The average molecular weight is 710 g/mol. The van der Waals surface area contributed by atoms with Crippen LogP contribution in [0.1, 0.15) is 51.2 Å². The molecule has 0 saturated carbocycles. The highest BCUT2D eigenvalue weighted by Gasteiger charge is 2.24. The largest absolute Gasteiger partial charge is 0.481 e. The molecule has 43 heavy (non-hydrogen) atoms. The van der Waals surface area contributed by atoms with Gasteiger partial charge in [-0.25, -0.2) is 16.8 Å². The lowest BCUT2D eigenvalue weighted by Gasteiger charge is -2.12. The molecule has 2 aromatic carbocycles. The fourth-order valence-electron chi connectivity index (χ4n) is 3.16. The molecule has 0 spiro atoms. The number of carboxylic acid groups (broad SMARTS) is 2. The van der Waals surface area contributed by atoms with E-state index in [4.69, 9.17) is 9.84 Å². The van der Waals surface area contributed by atoms with Crippen LogP contribution in [0.25, 0.3) is 0 Å². The number of alkyl halides is 1. The fourth-order valence-corrected chi connectivity index (χ4v) is 5.09. The number of aliphatic carboxylic acids is 2. The maximum absolute atomic E-state index is 11.7. The van der Waals surface area contributed by atoms with Gasteiger partial charge >= 0.3 is 23.9 Å². The highest BCUT2D eigenvalue weighted by Crippen LogP contribution is 2.23. The summed E-state index contributed by atoms with van der Waals surface area (Å²) < 4.78 is 55.5. The summed E-state index contributed by atoms with van der Waals surface area (Å²) in [4.78, 5) is 43.6. The molecule has 0 saturated heterocycles. The molecule has 2 N–H and O–H groups in total. The molecule has 1 atom stereocenters. The molecule has 0 aliphatic rings. The van der Waals surface area contributed by atoms with Crippen molar-refractivity contribution >= 4 is 59.5 Å². The van der Waals surface area contributed by atoms with Gasteiger partial charge in [0.15, 0.2) is 19.7 Å². The Bertz CT molecular complexity index is 1400. The predicted octanol–water partition coefficient (Wildman–Crippen LogP) is 3.65. The number of ether oxygens (including phenoxy) is 2. The van der Waals surface area contributed by atoms with Gasteiger partial charge in [-0.2, -0.15) is 0 Å². The van der Waals surface area contributed by atoms with Crippen LogP contribution in [0.4, 0.5) is 0 Å². The monoisotopic (exact) mass is 708 g/mol. The van der Waals surface area contributed by atoms with Crippen LogP contribution >= 0.6 is 15.9 Å². The first-order valence-corrected chi connectivity index (χ1v) is 17.5. The van der Waals surface area contributed by atoms with Crippen molar-refractivity contribution < 1.29 is 55.7 Å². The lowest BCUT2D eigenvalue weighted by molar-refractivity contribution is -0.148. The number of sulfone groups is 2. The van der Waals surface area contributed by atoms with E-state index in [1.54, 1.807) is 20.8 Å². The third-order valence-electron chi connectivity index (χ3n) is 5.43. The number of benzene rings is 2. The minimum absolute atomic E-state index is 0.0302. The van der Waals surface area contributed by atoms with Crippen molar-refractivity contribution in [2.24, 2.45) is 0 Å². The zero-order valence-electron chi connectivity index (χ0n) is 24.3.